The van der Waals surface area contributed by atoms with E-state index in [0.29, 0.717) is 37.9 Å². The third-order valence-corrected chi connectivity index (χ3v) is 4.37. The second kappa shape index (κ2) is 5.81. The number of hydrogen-bond acceptors (Lipinski definition) is 5. The van der Waals surface area contributed by atoms with Crippen LogP contribution in [-0.4, -0.2) is 45.0 Å². The van der Waals surface area contributed by atoms with Crippen LogP contribution in [0.2, 0.25) is 0 Å². The molecule has 2 aliphatic rings. The lowest BCUT2D eigenvalue weighted by Crippen LogP contribution is -2.37. The van der Waals surface area contributed by atoms with Crippen molar-refractivity contribution in [3.8, 4) is 0 Å². The third-order valence-electron chi connectivity index (χ3n) is 4.37. The van der Waals surface area contributed by atoms with Crippen LogP contribution < -0.4 is 0 Å². The minimum Gasteiger partial charge on any atom is -0.375 e. The van der Waals surface area contributed by atoms with Gasteiger partial charge in [0.15, 0.2) is 5.69 Å². The van der Waals surface area contributed by atoms with Crippen LogP contribution in [0.25, 0.3) is 0 Å². The van der Waals surface area contributed by atoms with E-state index >= 15 is 0 Å². The summed E-state index contributed by atoms with van der Waals surface area (Å²) in [5, 5.41) is 8.28. The Morgan fingerprint density at radius 3 is 3.09 bits per heavy atom. The van der Waals surface area contributed by atoms with Gasteiger partial charge in [-0.15, -0.1) is 0 Å². The van der Waals surface area contributed by atoms with Gasteiger partial charge in [-0.2, -0.15) is 5.10 Å². The molecule has 23 heavy (non-hydrogen) atoms. The number of carbonyl (C=O) groups excluding carboxylic acids is 1. The molecule has 1 fully saturated rings. The summed E-state index contributed by atoms with van der Waals surface area (Å²) in [6.07, 6.45) is 3.93. The van der Waals surface area contributed by atoms with Gasteiger partial charge in [-0.1, -0.05) is 5.16 Å². The van der Waals surface area contributed by atoms with Crippen LogP contribution in [0.5, 0.6) is 0 Å². The van der Waals surface area contributed by atoms with Gasteiger partial charge in [-0.25, -0.2) is 0 Å². The van der Waals surface area contributed by atoms with Gasteiger partial charge >= 0.3 is 0 Å². The molecule has 0 saturated heterocycles. The topological polar surface area (TPSA) is 73.4 Å². The smallest absolute Gasteiger partial charge is 0.276 e. The Hall–Kier alpha value is -2.15. The maximum Gasteiger partial charge on any atom is 0.276 e. The quantitative estimate of drug-likeness (QED) is 0.860. The molecule has 3 heterocycles. The molecule has 0 bridgehead atoms. The van der Waals surface area contributed by atoms with Crippen molar-refractivity contribution in [1.29, 1.82) is 0 Å². The summed E-state index contributed by atoms with van der Waals surface area (Å²) in [5.41, 5.74) is 1.39. The summed E-state index contributed by atoms with van der Waals surface area (Å²) in [6.45, 7) is 4.27. The minimum atomic E-state index is -0.111. The maximum atomic E-state index is 12.8. The summed E-state index contributed by atoms with van der Waals surface area (Å²) in [7, 11) is 0. The monoisotopic (exact) mass is 316 g/mol. The van der Waals surface area contributed by atoms with Crippen molar-refractivity contribution in [2.24, 2.45) is 0 Å². The van der Waals surface area contributed by atoms with Crippen molar-refractivity contribution in [2.45, 2.75) is 44.9 Å². The normalized spacial score (nSPS) is 21.1. The van der Waals surface area contributed by atoms with Crippen molar-refractivity contribution in [3.05, 3.63) is 35.5 Å². The molecule has 0 N–H and O–H groups in total. The molecule has 7 nitrogen and oxygen atoms in total. The van der Waals surface area contributed by atoms with Crippen LogP contribution >= 0.6 is 0 Å². The highest BCUT2D eigenvalue weighted by Crippen LogP contribution is 2.40. The molecule has 122 valence electrons. The highest BCUT2D eigenvalue weighted by Gasteiger charge is 2.31. The van der Waals surface area contributed by atoms with E-state index in [4.69, 9.17) is 9.26 Å². The van der Waals surface area contributed by atoms with Crippen LogP contribution in [0.1, 0.15) is 47.6 Å². The van der Waals surface area contributed by atoms with E-state index in [0.717, 1.165) is 24.3 Å². The molecule has 0 aromatic carbocycles. The van der Waals surface area contributed by atoms with E-state index in [2.05, 4.69) is 10.3 Å². The van der Waals surface area contributed by atoms with Gasteiger partial charge in [-0.3, -0.25) is 9.48 Å². The van der Waals surface area contributed by atoms with E-state index in [9.17, 15) is 4.79 Å². The Balaban J connectivity index is 1.56. The van der Waals surface area contributed by atoms with Crippen molar-refractivity contribution >= 4 is 5.91 Å². The molecule has 1 aliphatic heterocycles. The van der Waals surface area contributed by atoms with Gasteiger partial charge in [0.1, 0.15) is 5.76 Å². The predicted octanol–water partition coefficient (Wildman–Crippen LogP) is 1.81. The summed E-state index contributed by atoms with van der Waals surface area (Å²) in [5.74, 6) is 1.17. The molecular weight excluding hydrogens is 296 g/mol. The fourth-order valence-electron chi connectivity index (χ4n) is 3.02. The summed E-state index contributed by atoms with van der Waals surface area (Å²) >= 11 is 0. The molecule has 4 rings (SSSR count). The van der Waals surface area contributed by atoms with Crippen LogP contribution in [0.15, 0.2) is 22.9 Å². The first-order chi connectivity index (χ1) is 11.2. The van der Waals surface area contributed by atoms with Crippen molar-refractivity contribution in [2.75, 3.05) is 13.2 Å². The number of amides is 1. The lowest BCUT2D eigenvalue weighted by Gasteiger charge is -2.23. The molecule has 0 unspecified atom stereocenters. The summed E-state index contributed by atoms with van der Waals surface area (Å²) in [4.78, 5) is 14.6. The minimum absolute atomic E-state index is 0.0695. The number of ether oxygens (including phenoxy) is 1. The molecule has 1 amide bonds. The van der Waals surface area contributed by atoms with E-state index in [-0.39, 0.29) is 12.0 Å². The second-order valence-corrected chi connectivity index (χ2v) is 6.16. The van der Waals surface area contributed by atoms with Gasteiger partial charge in [0, 0.05) is 31.3 Å². The summed E-state index contributed by atoms with van der Waals surface area (Å²) in [6, 6.07) is 3.73. The van der Waals surface area contributed by atoms with Crippen LogP contribution in [0, 0.1) is 0 Å². The average Bonchev–Trinajstić information content (AvgIpc) is 3.17. The Kier molecular flexibility index (Phi) is 3.65. The first-order valence-electron chi connectivity index (χ1n) is 8.12. The fourth-order valence-corrected chi connectivity index (χ4v) is 3.02. The average molecular weight is 316 g/mol. The molecular formula is C16H20N4O3. The van der Waals surface area contributed by atoms with E-state index in [1.54, 1.807) is 17.2 Å². The zero-order chi connectivity index (χ0) is 15.8. The molecule has 1 aliphatic carbocycles. The second-order valence-electron chi connectivity index (χ2n) is 6.16. The summed E-state index contributed by atoms with van der Waals surface area (Å²) < 4.78 is 13.0. The SMILES string of the molecule is CCO[C@@H]1CN(C(=O)c2cc(C3CC3)on2)Cc2ccnn2C1. The standard InChI is InChI=1S/C16H20N4O3/c1-2-22-13-9-19(8-12-5-6-17-20(12)10-13)16(21)14-7-15(23-18-14)11-3-4-11/h5-7,11,13H,2-4,8-10H2,1H3/t13-/m1/s1. The van der Waals surface area contributed by atoms with E-state index < -0.39 is 0 Å². The Labute approximate surface area is 134 Å². The molecule has 0 spiro atoms. The van der Waals surface area contributed by atoms with Gasteiger partial charge in [-0.05, 0) is 25.8 Å². The fraction of sp³-hybridized carbons (Fsp3) is 0.562. The Morgan fingerprint density at radius 1 is 1.43 bits per heavy atom. The van der Waals surface area contributed by atoms with E-state index in [1.807, 2.05) is 17.7 Å². The van der Waals surface area contributed by atoms with Crippen LogP contribution in [-0.2, 0) is 17.8 Å². The van der Waals surface area contributed by atoms with Gasteiger partial charge in [0.05, 0.1) is 24.9 Å². The molecule has 1 atom stereocenters. The lowest BCUT2D eigenvalue weighted by molar-refractivity contribution is 0.0242. The van der Waals surface area contributed by atoms with Gasteiger partial charge < -0.3 is 14.2 Å². The number of hydrogen-bond donors (Lipinski definition) is 0. The zero-order valence-corrected chi connectivity index (χ0v) is 13.1. The number of fused-ring (bicyclic) bond motifs is 1. The number of carbonyl (C=O) groups is 1. The van der Waals surface area contributed by atoms with Crippen LogP contribution in [0.4, 0.5) is 0 Å². The predicted molar refractivity (Wildman–Crippen MR) is 80.9 cm³/mol. The first kappa shape index (κ1) is 14.4. The lowest BCUT2D eigenvalue weighted by atomic mass is 10.2. The highest BCUT2D eigenvalue weighted by molar-refractivity contribution is 5.92. The highest BCUT2D eigenvalue weighted by atomic mass is 16.5. The largest absolute Gasteiger partial charge is 0.375 e. The molecule has 1 saturated carbocycles. The third kappa shape index (κ3) is 2.88. The molecule has 0 radical (unpaired) electrons. The Bertz CT molecular complexity index is 704. The number of nitrogens with zero attached hydrogens (tertiary/aromatic N) is 4. The number of aromatic nitrogens is 3. The Morgan fingerprint density at radius 2 is 2.30 bits per heavy atom. The molecule has 7 heteroatoms. The van der Waals surface area contributed by atoms with Gasteiger partial charge in [0.25, 0.3) is 5.91 Å². The van der Waals surface area contributed by atoms with Crippen molar-refractivity contribution in [3.63, 3.8) is 0 Å². The number of rotatable bonds is 4. The van der Waals surface area contributed by atoms with Crippen LogP contribution in [0.3, 0.4) is 0 Å². The maximum absolute atomic E-state index is 12.8. The first-order valence-corrected chi connectivity index (χ1v) is 8.12. The van der Waals surface area contributed by atoms with E-state index in [1.165, 1.54) is 0 Å². The van der Waals surface area contributed by atoms with Crippen molar-refractivity contribution in [1.82, 2.24) is 19.8 Å². The molecule has 2 aromatic heterocycles. The molecule has 2 aromatic rings. The van der Waals surface area contributed by atoms with Gasteiger partial charge in [0.2, 0.25) is 0 Å². The van der Waals surface area contributed by atoms with Crippen molar-refractivity contribution < 1.29 is 14.1 Å². The zero-order valence-electron chi connectivity index (χ0n) is 13.1.